The summed E-state index contributed by atoms with van der Waals surface area (Å²) in [4.78, 5) is 0. The molecule has 0 heterocycles. The third-order valence-corrected chi connectivity index (χ3v) is 3.42. The first-order valence-electron chi connectivity index (χ1n) is 6.73. The maximum absolute atomic E-state index is 9.84. The van der Waals surface area contributed by atoms with E-state index in [0.717, 1.165) is 37.9 Å². The Bertz CT molecular complexity index is 331. The van der Waals surface area contributed by atoms with Gasteiger partial charge in [-0.25, -0.2) is 0 Å². The molecule has 0 bridgehead atoms. The number of aryl methyl sites for hydroxylation is 1. The molecule has 2 nitrogen and oxygen atoms in total. The number of ether oxygens (including phenoxy) is 1. The number of benzene rings is 1. The first kappa shape index (κ1) is 12.4. The van der Waals surface area contributed by atoms with Crippen molar-refractivity contribution in [1.82, 2.24) is 0 Å². The Kier molecular flexibility index (Phi) is 4.43. The van der Waals surface area contributed by atoms with Crippen LogP contribution in [0.15, 0.2) is 24.3 Å². The first-order chi connectivity index (χ1) is 8.29. The summed E-state index contributed by atoms with van der Waals surface area (Å²) in [6.45, 7) is 2.18. The molecule has 0 aromatic heterocycles. The summed E-state index contributed by atoms with van der Waals surface area (Å²) in [7, 11) is 0. The van der Waals surface area contributed by atoms with Crippen LogP contribution < -0.4 is 4.74 Å². The molecular formula is C15H22O2. The molecule has 1 aliphatic carbocycles. The van der Waals surface area contributed by atoms with E-state index in [1.165, 1.54) is 12.0 Å². The van der Waals surface area contributed by atoms with E-state index in [4.69, 9.17) is 4.74 Å². The smallest absolute Gasteiger partial charge is 0.124 e. The fourth-order valence-corrected chi connectivity index (χ4v) is 2.41. The van der Waals surface area contributed by atoms with Crippen molar-refractivity contribution in [3.05, 3.63) is 29.8 Å². The lowest BCUT2D eigenvalue weighted by Crippen LogP contribution is -2.34. The average molecular weight is 234 g/mol. The van der Waals surface area contributed by atoms with Gasteiger partial charge in [-0.1, -0.05) is 31.9 Å². The van der Waals surface area contributed by atoms with Gasteiger partial charge < -0.3 is 9.84 Å². The monoisotopic (exact) mass is 234 g/mol. The zero-order valence-electron chi connectivity index (χ0n) is 10.6. The number of hydrogen-bond donors (Lipinski definition) is 1. The molecule has 17 heavy (non-hydrogen) atoms. The molecule has 0 amide bonds. The Morgan fingerprint density at radius 3 is 2.53 bits per heavy atom. The highest BCUT2D eigenvalue weighted by Crippen LogP contribution is 2.24. The molecule has 0 radical (unpaired) electrons. The van der Waals surface area contributed by atoms with Crippen molar-refractivity contribution in [2.24, 2.45) is 0 Å². The summed E-state index contributed by atoms with van der Waals surface area (Å²) in [6, 6.07) is 8.28. The zero-order valence-corrected chi connectivity index (χ0v) is 10.6. The lowest BCUT2D eigenvalue weighted by Gasteiger charge is -2.28. The third-order valence-electron chi connectivity index (χ3n) is 3.42. The van der Waals surface area contributed by atoms with E-state index in [1.807, 2.05) is 12.1 Å². The number of hydrogen-bond acceptors (Lipinski definition) is 2. The molecule has 2 heteroatoms. The summed E-state index contributed by atoms with van der Waals surface area (Å²) in [5.74, 6) is 0.885. The molecule has 1 saturated carbocycles. The summed E-state index contributed by atoms with van der Waals surface area (Å²) in [5, 5.41) is 9.84. The van der Waals surface area contributed by atoms with Crippen LogP contribution in [0.25, 0.3) is 0 Å². The number of rotatable bonds is 4. The standard InChI is InChI=1S/C15H22O2/c1-2-5-12-8-10-13(11-9-12)17-15-7-4-3-6-14(15)16/h8-11,14-16H,2-7H2,1H3/t14-,15-/m1/s1. The van der Waals surface area contributed by atoms with Crippen molar-refractivity contribution in [2.75, 3.05) is 0 Å². The summed E-state index contributed by atoms with van der Waals surface area (Å²) >= 11 is 0. The molecule has 0 aliphatic heterocycles. The van der Waals surface area contributed by atoms with E-state index in [9.17, 15) is 5.11 Å². The molecule has 1 aliphatic rings. The van der Waals surface area contributed by atoms with Gasteiger partial charge in [-0.2, -0.15) is 0 Å². The highest BCUT2D eigenvalue weighted by atomic mass is 16.5. The minimum absolute atomic E-state index is 0.0132. The SMILES string of the molecule is CCCc1ccc(O[C@@H]2CCCC[C@H]2O)cc1. The van der Waals surface area contributed by atoms with Crippen molar-refractivity contribution >= 4 is 0 Å². The van der Waals surface area contributed by atoms with E-state index in [2.05, 4.69) is 19.1 Å². The van der Waals surface area contributed by atoms with Gasteiger partial charge in [0.05, 0.1) is 6.10 Å². The Labute approximate surface area is 104 Å². The maximum atomic E-state index is 9.84. The molecule has 2 rings (SSSR count). The molecule has 1 aromatic rings. The molecule has 2 atom stereocenters. The normalized spacial score (nSPS) is 24.6. The minimum Gasteiger partial charge on any atom is -0.488 e. The first-order valence-corrected chi connectivity index (χ1v) is 6.73. The van der Waals surface area contributed by atoms with Gasteiger partial charge >= 0.3 is 0 Å². The van der Waals surface area contributed by atoms with Crippen LogP contribution in [0.5, 0.6) is 5.75 Å². The largest absolute Gasteiger partial charge is 0.488 e. The van der Waals surface area contributed by atoms with Gasteiger partial charge in [-0.05, 0) is 43.4 Å². The second-order valence-corrected chi connectivity index (χ2v) is 4.90. The van der Waals surface area contributed by atoms with E-state index < -0.39 is 0 Å². The second kappa shape index (κ2) is 6.06. The third kappa shape index (κ3) is 3.47. The lowest BCUT2D eigenvalue weighted by atomic mass is 9.95. The van der Waals surface area contributed by atoms with Crippen molar-refractivity contribution < 1.29 is 9.84 Å². The summed E-state index contributed by atoms with van der Waals surface area (Å²) in [6.07, 6.45) is 6.11. The second-order valence-electron chi connectivity index (χ2n) is 4.90. The molecule has 0 saturated heterocycles. The molecule has 1 aromatic carbocycles. The fourth-order valence-electron chi connectivity index (χ4n) is 2.41. The van der Waals surface area contributed by atoms with Crippen LogP contribution in [0.2, 0.25) is 0 Å². The average Bonchev–Trinajstić information content (AvgIpc) is 2.35. The quantitative estimate of drug-likeness (QED) is 0.866. The van der Waals surface area contributed by atoms with Gasteiger partial charge in [-0.15, -0.1) is 0 Å². The van der Waals surface area contributed by atoms with Crippen LogP contribution >= 0.6 is 0 Å². The highest BCUT2D eigenvalue weighted by molar-refractivity contribution is 5.27. The van der Waals surface area contributed by atoms with Crippen LogP contribution in [0.1, 0.15) is 44.6 Å². The predicted molar refractivity (Wildman–Crippen MR) is 69.3 cm³/mol. The predicted octanol–water partition coefficient (Wildman–Crippen LogP) is 3.32. The van der Waals surface area contributed by atoms with Crippen LogP contribution in [0.4, 0.5) is 0 Å². The van der Waals surface area contributed by atoms with E-state index in [0.29, 0.717) is 0 Å². The fraction of sp³-hybridized carbons (Fsp3) is 0.600. The Morgan fingerprint density at radius 2 is 1.88 bits per heavy atom. The van der Waals surface area contributed by atoms with Gasteiger partial charge in [0.2, 0.25) is 0 Å². The molecule has 0 spiro atoms. The van der Waals surface area contributed by atoms with Gasteiger partial charge in [0.1, 0.15) is 11.9 Å². The zero-order chi connectivity index (χ0) is 12.1. The van der Waals surface area contributed by atoms with Gasteiger partial charge in [0, 0.05) is 0 Å². The molecule has 1 fully saturated rings. The van der Waals surface area contributed by atoms with E-state index >= 15 is 0 Å². The molecule has 0 unspecified atom stereocenters. The summed E-state index contributed by atoms with van der Waals surface area (Å²) < 4.78 is 5.85. The van der Waals surface area contributed by atoms with Gasteiger partial charge in [0.25, 0.3) is 0 Å². The lowest BCUT2D eigenvalue weighted by molar-refractivity contribution is 0.00687. The van der Waals surface area contributed by atoms with Crippen LogP contribution in [0, 0.1) is 0 Å². The van der Waals surface area contributed by atoms with Crippen molar-refractivity contribution in [3.8, 4) is 5.75 Å². The van der Waals surface area contributed by atoms with Crippen LogP contribution in [-0.2, 0) is 6.42 Å². The molecule has 1 N–H and O–H groups in total. The highest BCUT2D eigenvalue weighted by Gasteiger charge is 2.24. The van der Waals surface area contributed by atoms with E-state index in [1.54, 1.807) is 0 Å². The number of aliphatic hydroxyl groups excluding tert-OH is 1. The molecule has 94 valence electrons. The Hall–Kier alpha value is -1.02. The van der Waals surface area contributed by atoms with Crippen molar-refractivity contribution in [3.63, 3.8) is 0 Å². The van der Waals surface area contributed by atoms with Gasteiger partial charge in [0.15, 0.2) is 0 Å². The number of aliphatic hydroxyl groups is 1. The topological polar surface area (TPSA) is 29.5 Å². The minimum atomic E-state index is -0.293. The van der Waals surface area contributed by atoms with Crippen LogP contribution in [0.3, 0.4) is 0 Å². The molecular weight excluding hydrogens is 212 g/mol. The van der Waals surface area contributed by atoms with Crippen molar-refractivity contribution in [1.29, 1.82) is 0 Å². The van der Waals surface area contributed by atoms with Crippen LogP contribution in [-0.4, -0.2) is 17.3 Å². The Morgan fingerprint density at radius 1 is 1.18 bits per heavy atom. The summed E-state index contributed by atoms with van der Waals surface area (Å²) in [5.41, 5.74) is 1.35. The Balaban J connectivity index is 1.93. The maximum Gasteiger partial charge on any atom is 0.124 e. The van der Waals surface area contributed by atoms with E-state index in [-0.39, 0.29) is 12.2 Å². The van der Waals surface area contributed by atoms with Gasteiger partial charge in [-0.3, -0.25) is 0 Å². The van der Waals surface area contributed by atoms with Crippen molar-refractivity contribution in [2.45, 2.75) is 57.7 Å².